The Morgan fingerprint density at radius 3 is 2.63 bits per heavy atom. The second kappa shape index (κ2) is 8.19. The summed E-state index contributed by atoms with van der Waals surface area (Å²) in [4.78, 5) is 21.8. The fraction of sp³-hybridized carbons (Fsp3) is 0.550. The van der Waals surface area contributed by atoms with Gasteiger partial charge in [0.25, 0.3) is 5.91 Å². The van der Waals surface area contributed by atoms with Crippen molar-refractivity contribution in [3.8, 4) is 0 Å². The molecule has 3 N–H and O–H groups in total. The van der Waals surface area contributed by atoms with Crippen molar-refractivity contribution < 1.29 is 14.6 Å². The van der Waals surface area contributed by atoms with Crippen LogP contribution in [0.15, 0.2) is 24.4 Å². The average Bonchev–Trinajstić information content (AvgIpc) is 2.70. The number of carbonyl (C=O) groups excluding carboxylic acids is 1. The zero-order chi connectivity index (χ0) is 18.6. The van der Waals surface area contributed by atoms with Gasteiger partial charge in [-0.05, 0) is 44.6 Å². The van der Waals surface area contributed by atoms with Crippen molar-refractivity contribution in [3.63, 3.8) is 0 Å². The van der Waals surface area contributed by atoms with Gasteiger partial charge in [-0.2, -0.15) is 0 Å². The van der Waals surface area contributed by atoms with Gasteiger partial charge in [0, 0.05) is 36.9 Å². The van der Waals surface area contributed by atoms with E-state index in [1.54, 1.807) is 6.20 Å². The number of carbonyl (C=O) groups is 1. The van der Waals surface area contributed by atoms with Crippen LogP contribution in [0, 0.1) is 0 Å². The van der Waals surface area contributed by atoms with Gasteiger partial charge in [0.05, 0.1) is 17.2 Å². The van der Waals surface area contributed by atoms with Gasteiger partial charge in [-0.3, -0.25) is 4.79 Å². The predicted molar refractivity (Wildman–Crippen MR) is 103 cm³/mol. The summed E-state index contributed by atoms with van der Waals surface area (Å²) in [5, 5.41) is 17.0. The number of para-hydroxylation sites is 1. The van der Waals surface area contributed by atoms with Gasteiger partial charge < -0.3 is 20.5 Å². The first kappa shape index (κ1) is 18.1. The lowest BCUT2D eigenvalue weighted by atomic mass is 9.93. The van der Waals surface area contributed by atoms with Crippen molar-refractivity contribution in [1.29, 1.82) is 0 Å². The van der Waals surface area contributed by atoms with Gasteiger partial charge in [0.2, 0.25) is 5.95 Å². The van der Waals surface area contributed by atoms with Crippen LogP contribution in [0.2, 0.25) is 0 Å². The maximum Gasteiger partial charge on any atom is 0.253 e. The molecular weight excluding hydrogens is 344 g/mol. The number of aliphatic hydroxyl groups excluding tert-OH is 1. The number of aliphatic hydroxyl groups is 1. The van der Waals surface area contributed by atoms with Crippen molar-refractivity contribution >= 4 is 22.8 Å². The molecule has 2 heterocycles. The number of anilines is 1. The summed E-state index contributed by atoms with van der Waals surface area (Å²) in [6.45, 7) is 1.37. The lowest BCUT2D eigenvalue weighted by molar-refractivity contribution is 0.0697. The third-order valence-corrected chi connectivity index (χ3v) is 5.44. The van der Waals surface area contributed by atoms with E-state index >= 15 is 0 Å². The minimum Gasteiger partial charge on any atom is -0.393 e. The lowest BCUT2D eigenvalue weighted by Crippen LogP contribution is -2.39. The smallest absolute Gasteiger partial charge is 0.253 e. The van der Waals surface area contributed by atoms with Crippen molar-refractivity contribution in [3.05, 3.63) is 30.0 Å². The SMILES string of the molecule is O=C(NC1CCOCC1)c1cccc2cnc(N[C@H]3CC[C@H](O)CC3)nc12. The molecule has 0 unspecified atom stereocenters. The number of ether oxygens (including phenoxy) is 1. The van der Waals surface area contributed by atoms with Crippen molar-refractivity contribution in [2.45, 2.75) is 56.7 Å². The summed E-state index contributed by atoms with van der Waals surface area (Å²) in [5.74, 6) is 0.438. The third-order valence-electron chi connectivity index (χ3n) is 5.44. The Kier molecular flexibility index (Phi) is 5.50. The molecule has 27 heavy (non-hydrogen) atoms. The molecule has 4 rings (SSSR count). The molecule has 144 valence electrons. The van der Waals surface area contributed by atoms with E-state index in [9.17, 15) is 9.90 Å². The molecular formula is C20H26N4O3. The van der Waals surface area contributed by atoms with Crippen molar-refractivity contribution in [2.75, 3.05) is 18.5 Å². The number of hydrogen-bond acceptors (Lipinski definition) is 6. The van der Waals surface area contributed by atoms with Gasteiger partial charge in [-0.25, -0.2) is 9.97 Å². The molecule has 2 fully saturated rings. The van der Waals surface area contributed by atoms with Crippen LogP contribution in [0.5, 0.6) is 0 Å². The van der Waals surface area contributed by atoms with Crippen LogP contribution in [-0.4, -0.2) is 52.4 Å². The molecule has 1 amide bonds. The summed E-state index contributed by atoms with van der Waals surface area (Å²) in [6.07, 6.45) is 6.63. The van der Waals surface area contributed by atoms with E-state index in [-0.39, 0.29) is 24.1 Å². The van der Waals surface area contributed by atoms with Crippen LogP contribution in [0.3, 0.4) is 0 Å². The van der Waals surface area contributed by atoms with Crippen molar-refractivity contribution in [1.82, 2.24) is 15.3 Å². The van der Waals surface area contributed by atoms with E-state index in [0.717, 1.165) is 43.9 Å². The van der Waals surface area contributed by atoms with Crippen molar-refractivity contribution in [2.24, 2.45) is 0 Å². The molecule has 0 spiro atoms. The summed E-state index contributed by atoms with van der Waals surface area (Å²) in [5.41, 5.74) is 1.24. The monoisotopic (exact) mass is 370 g/mol. The standard InChI is InChI=1S/C20H26N4O3/c25-16-6-4-14(5-7-16)23-20-21-12-13-2-1-3-17(18(13)24-20)19(26)22-15-8-10-27-11-9-15/h1-3,12,14-16,25H,4-11H2,(H,22,26)(H,21,23,24)/t14-,16-. The molecule has 0 radical (unpaired) electrons. The zero-order valence-corrected chi connectivity index (χ0v) is 15.4. The summed E-state index contributed by atoms with van der Waals surface area (Å²) < 4.78 is 5.36. The van der Waals surface area contributed by atoms with Crippen LogP contribution < -0.4 is 10.6 Å². The first-order valence-electron chi connectivity index (χ1n) is 9.78. The Morgan fingerprint density at radius 1 is 1.07 bits per heavy atom. The fourth-order valence-corrected chi connectivity index (χ4v) is 3.82. The molecule has 1 saturated heterocycles. The number of nitrogens with one attached hydrogen (secondary N) is 2. The van der Waals surface area contributed by atoms with Gasteiger partial charge in [-0.15, -0.1) is 0 Å². The van der Waals surface area contributed by atoms with E-state index in [4.69, 9.17) is 4.74 Å². The minimum absolute atomic E-state index is 0.0991. The number of rotatable bonds is 4. The molecule has 0 bridgehead atoms. The first-order chi connectivity index (χ1) is 13.2. The third kappa shape index (κ3) is 4.36. The Hall–Kier alpha value is -2.25. The Labute approximate surface area is 158 Å². The highest BCUT2D eigenvalue weighted by molar-refractivity contribution is 6.05. The molecule has 1 aliphatic heterocycles. The molecule has 2 aromatic rings. The molecule has 2 aliphatic rings. The number of aromatic nitrogens is 2. The zero-order valence-electron chi connectivity index (χ0n) is 15.4. The molecule has 7 heteroatoms. The quantitative estimate of drug-likeness (QED) is 0.764. The fourth-order valence-electron chi connectivity index (χ4n) is 3.82. The highest BCUT2D eigenvalue weighted by atomic mass is 16.5. The number of hydrogen-bond donors (Lipinski definition) is 3. The normalized spacial score (nSPS) is 23.9. The van der Waals surface area contributed by atoms with E-state index in [1.165, 1.54) is 0 Å². The maximum absolute atomic E-state index is 12.8. The van der Waals surface area contributed by atoms with E-state index in [2.05, 4.69) is 20.6 Å². The van der Waals surface area contributed by atoms with Gasteiger partial charge >= 0.3 is 0 Å². The van der Waals surface area contributed by atoms with E-state index in [0.29, 0.717) is 30.2 Å². The lowest BCUT2D eigenvalue weighted by Gasteiger charge is -2.26. The molecule has 1 saturated carbocycles. The molecule has 0 atom stereocenters. The Balaban J connectivity index is 1.52. The maximum atomic E-state index is 12.8. The van der Waals surface area contributed by atoms with E-state index in [1.807, 2.05) is 18.2 Å². The highest BCUT2D eigenvalue weighted by Gasteiger charge is 2.21. The molecule has 1 aromatic carbocycles. The number of fused-ring (bicyclic) bond motifs is 1. The second-order valence-corrected chi connectivity index (χ2v) is 7.45. The van der Waals surface area contributed by atoms with Crippen LogP contribution in [0.25, 0.3) is 10.9 Å². The van der Waals surface area contributed by atoms with Crippen LogP contribution in [-0.2, 0) is 4.74 Å². The summed E-state index contributed by atoms with van der Waals surface area (Å²) in [7, 11) is 0. The topological polar surface area (TPSA) is 96.4 Å². The number of nitrogens with zero attached hydrogens (tertiary/aromatic N) is 2. The number of amides is 1. The van der Waals surface area contributed by atoms with Gasteiger partial charge in [-0.1, -0.05) is 12.1 Å². The van der Waals surface area contributed by atoms with E-state index < -0.39 is 0 Å². The molecule has 7 nitrogen and oxygen atoms in total. The second-order valence-electron chi connectivity index (χ2n) is 7.45. The largest absolute Gasteiger partial charge is 0.393 e. The summed E-state index contributed by atoms with van der Waals surface area (Å²) >= 11 is 0. The van der Waals surface area contributed by atoms with Gasteiger partial charge in [0.1, 0.15) is 0 Å². The highest BCUT2D eigenvalue weighted by Crippen LogP contribution is 2.23. The van der Waals surface area contributed by atoms with Gasteiger partial charge in [0.15, 0.2) is 0 Å². The van der Waals surface area contributed by atoms with Crippen LogP contribution in [0.4, 0.5) is 5.95 Å². The summed E-state index contributed by atoms with van der Waals surface area (Å²) in [6, 6.07) is 6.00. The predicted octanol–water partition coefficient (Wildman–Crippen LogP) is 2.25. The molecule has 1 aliphatic carbocycles. The molecule has 1 aromatic heterocycles. The Morgan fingerprint density at radius 2 is 1.85 bits per heavy atom. The average molecular weight is 370 g/mol. The van der Waals surface area contributed by atoms with Crippen LogP contribution >= 0.6 is 0 Å². The van der Waals surface area contributed by atoms with Crippen LogP contribution in [0.1, 0.15) is 48.9 Å². The Bertz CT molecular complexity index is 799. The minimum atomic E-state index is -0.193. The number of benzene rings is 1. The first-order valence-corrected chi connectivity index (χ1v) is 9.78.